The van der Waals surface area contributed by atoms with E-state index in [4.69, 9.17) is 0 Å². The predicted octanol–water partition coefficient (Wildman–Crippen LogP) is 0.448. The highest BCUT2D eigenvalue weighted by molar-refractivity contribution is 6.09. The fourth-order valence-electron chi connectivity index (χ4n) is 4.59. The lowest BCUT2D eigenvalue weighted by Gasteiger charge is -2.36. The second kappa shape index (κ2) is 5.44. The minimum atomic E-state index is -0.816. The van der Waals surface area contributed by atoms with Crippen molar-refractivity contribution in [2.45, 2.75) is 69.1 Å². The van der Waals surface area contributed by atoms with Crippen LogP contribution in [-0.2, 0) is 9.59 Å². The highest BCUT2D eigenvalue weighted by Gasteiger charge is 2.56. The van der Waals surface area contributed by atoms with E-state index in [-0.39, 0.29) is 30.3 Å². The minimum absolute atomic E-state index is 0.148. The first-order valence-corrected chi connectivity index (χ1v) is 9.04. The molecule has 132 valence electrons. The summed E-state index contributed by atoms with van der Waals surface area (Å²) in [6.07, 6.45) is 6.19. The van der Waals surface area contributed by atoms with Crippen LogP contribution in [0.25, 0.3) is 0 Å². The Morgan fingerprint density at radius 3 is 2.42 bits per heavy atom. The number of fused-ring (bicyclic) bond motifs is 2. The predicted molar refractivity (Wildman–Crippen MR) is 87.1 cm³/mol. The SMILES string of the molecule is CN(C(=O)CN1C(=O)NC(C)(C2CC2)C1=O)C1CC2CCC(C1)N2. The highest BCUT2D eigenvalue weighted by Crippen LogP contribution is 2.42. The summed E-state index contributed by atoms with van der Waals surface area (Å²) in [4.78, 5) is 40.3. The fourth-order valence-corrected chi connectivity index (χ4v) is 4.59. The topological polar surface area (TPSA) is 81.8 Å². The van der Waals surface area contributed by atoms with Crippen LogP contribution >= 0.6 is 0 Å². The van der Waals surface area contributed by atoms with E-state index in [0.29, 0.717) is 12.1 Å². The number of rotatable bonds is 4. The Morgan fingerprint density at radius 2 is 1.83 bits per heavy atom. The van der Waals surface area contributed by atoms with Gasteiger partial charge in [0, 0.05) is 25.2 Å². The number of hydrogen-bond donors (Lipinski definition) is 2. The number of urea groups is 1. The molecule has 4 amide bonds. The van der Waals surface area contributed by atoms with Crippen LogP contribution in [0.5, 0.6) is 0 Å². The Bertz CT molecular complexity index is 578. The molecule has 0 radical (unpaired) electrons. The standard InChI is InChI=1S/C17H26N4O3/c1-17(10-3-4-10)15(23)21(16(24)19-17)9-14(22)20(2)13-7-11-5-6-12(8-13)18-11/h10-13,18H,3-9H2,1-2H3,(H,19,24). The first-order chi connectivity index (χ1) is 11.4. The largest absolute Gasteiger partial charge is 0.341 e. The minimum Gasteiger partial charge on any atom is -0.341 e. The lowest BCUT2D eigenvalue weighted by atomic mass is 9.96. The maximum absolute atomic E-state index is 12.7. The molecule has 7 heteroatoms. The van der Waals surface area contributed by atoms with Crippen molar-refractivity contribution < 1.29 is 14.4 Å². The number of imide groups is 1. The van der Waals surface area contributed by atoms with Gasteiger partial charge in [0.25, 0.3) is 5.91 Å². The van der Waals surface area contributed by atoms with E-state index in [1.165, 1.54) is 12.8 Å². The van der Waals surface area contributed by atoms with Crippen LogP contribution in [-0.4, -0.2) is 64.9 Å². The Kier molecular flexibility index (Phi) is 3.60. The lowest BCUT2D eigenvalue weighted by Crippen LogP contribution is -2.51. The Morgan fingerprint density at radius 1 is 1.21 bits per heavy atom. The second-order valence-electron chi connectivity index (χ2n) is 8.07. The first-order valence-electron chi connectivity index (χ1n) is 9.04. The molecule has 2 N–H and O–H groups in total. The van der Waals surface area contributed by atoms with Crippen LogP contribution in [0, 0.1) is 5.92 Å². The van der Waals surface area contributed by atoms with E-state index in [9.17, 15) is 14.4 Å². The molecule has 24 heavy (non-hydrogen) atoms. The van der Waals surface area contributed by atoms with Gasteiger partial charge in [-0.05, 0) is 51.4 Å². The highest BCUT2D eigenvalue weighted by atomic mass is 16.2. The molecule has 0 aromatic heterocycles. The summed E-state index contributed by atoms with van der Waals surface area (Å²) in [6.45, 7) is 1.63. The molecule has 3 atom stereocenters. The van der Waals surface area contributed by atoms with Gasteiger partial charge in [0.05, 0.1) is 0 Å². The summed E-state index contributed by atoms with van der Waals surface area (Å²) in [5.41, 5.74) is -0.816. The van der Waals surface area contributed by atoms with Crippen LogP contribution < -0.4 is 10.6 Å². The third-order valence-electron chi connectivity index (χ3n) is 6.38. The summed E-state index contributed by atoms with van der Waals surface area (Å²) in [5.74, 6) is -0.182. The van der Waals surface area contributed by atoms with Gasteiger partial charge in [-0.2, -0.15) is 0 Å². The van der Waals surface area contributed by atoms with Crippen LogP contribution in [0.1, 0.15) is 45.4 Å². The molecule has 3 aliphatic heterocycles. The van der Waals surface area contributed by atoms with Crippen molar-refractivity contribution in [1.82, 2.24) is 20.4 Å². The molecular formula is C17H26N4O3. The monoisotopic (exact) mass is 334 g/mol. The van der Waals surface area contributed by atoms with Crippen molar-refractivity contribution in [3.05, 3.63) is 0 Å². The quantitative estimate of drug-likeness (QED) is 0.732. The van der Waals surface area contributed by atoms with Crippen LogP contribution in [0.2, 0.25) is 0 Å². The molecule has 0 aromatic rings. The maximum atomic E-state index is 12.7. The molecule has 3 saturated heterocycles. The number of piperidine rings is 1. The smallest absolute Gasteiger partial charge is 0.325 e. The van der Waals surface area contributed by atoms with Crippen molar-refractivity contribution in [1.29, 1.82) is 0 Å². The Balaban J connectivity index is 1.40. The van der Waals surface area contributed by atoms with E-state index < -0.39 is 11.6 Å². The summed E-state index contributed by atoms with van der Waals surface area (Å²) in [7, 11) is 1.80. The second-order valence-corrected chi connectivity index (χ2v) is 8.07. The van der Waals surface area contributed by atoms with Crippen LogP contribution in [0.3, 0.4) is 0 Å². The van der Waals surface area contributed by atoms with E-state index in [1.54, 1.807) is 18.9 Å². The van der Waals surface area contributed by atoms with Gasteiger partial charge in [-0.3, -0.25) is 14.5 Å². The number of carbonyl (C=O) groups is 3. The third-order valence-corrected chi connectivity index (χ3v) is 6.38. The van der Waals surface area contributed by atoms with Gasteiger partial charge in [0.15, 0.2) is 0 Å². The number of hydrogen-bond acceptors (Lipinski definition) is 4. The van der Waals surface area contributed by atoms with E-state index in [2.05, 4.69) is 10.6 Å². The van der Waals surface area contributed by atoms with E-state index in [0.717, 1.165) is 30.6 Å². The fraction of sp³-hybridized carbons (Fsp3) is 0.824. The number of carbonyl (C=O) groups excluding carboxylic acids is 3. The molecule has 3 unspecified atom stereocenters. The van der Waals surface area contributed by atoms with E-state index >= 15 is 0 Å². The van der Waals surface area contributed by atoms with Gasteiger partial charge >= 0.3 is 6.03 Å². The van der Waals surface area contributed by atoms with Crippen molar-refractivity contribution in [3.8, 4) is 0 Å². The first kappa shape index (κ1) is 15.9. The maximum Gasteiger partial charge on any atom is 0.325 e. The lowest BCUT2D eigenvalue weighted by molar-refractivity contribution is -0.139. The van der Waals surface area contributed by atoms with Gasteiger partial charge in [-0.15, -0.1) is 0 Å². The molecule has 7 nitrogen and oxygen atoms in total. The van der Waals surface area contributed by atoms with Crippen molar-refractivity contribution in [2.24, 2.45) is 5.92 Å². The van der Waals surface area contributed by atoms with Crippen molar-refractivity contribution in [2.75, 3.05) is 13.6 Å². The molecule has 1 aliphatic carbocycles. The number of amides is 4. The normalized spacial score (nSPS) is 38.4. The van der Waals surface area contributed by atoms with Gasteiger partial charge in [0.2, 0.25) is 5.91 Å². The van der Waals surface area contributed by atoms with Crippen LogP contribution in [0.15, 0.2) is 0 Å². The summed E-state index contributed by atoms with van der Waals surface area (Å²) in [6, 6.07) is 0.770. The Hall–Kier alpha value is -1.63. The number of nitrogens with zero attached hydrogens (tertiary/aromatic N) is 2. The molecule has 3 heterocycles. The zero-order chi connectivity index (χ0) is 17.1. The average molecular weight is 334 g/mol. The zero-order valence-electron chi connectivity index (χ0n) is 14.4. The van der Waals surface area contributed by atoms with E-state index in [1.807, 2.05) is 0 Å². The number of likely N-dealkylation sites (N-methyl/N-ethyl adjacent to an activating group) is 1. The van der Waals surface area contributed by atoms with Gasteiger partial charge < -0.3 is 15.5 Å². The van der Waals surface area contributed by atoms with Gasteiger partial charge in [-0.25, -0.2) is 4.79 Å². The molecule has 4 rings (SSSR count). The molecule has 4 aliphatic rings. The third kappa shape index (κ3) is 2.49. The molecule has 1 saturated carbocycles. The summed E-state index contributed by atoms with van der Waals surface area (Å²) in [5, 5.41) is 6.36. The molecule has 0 spiro atoms. The number of nitrogens with one attached hydrogen (secondary N) is 2. The van der Waals surface area contributed by atoms with Crippen molar-refractivity contribution in [3.63, 3.8) is 0 Å². The molecular weight excluding hydrogens is 308 g/mol. The van der Waals surface area contributed by atoms with Gasteiger partial charge in [-0.1, -0.05) is 0 Å². The average Bonchev–Trinajstić information content (AvgIpc) is 3.33. The van der Waals surface area contributed by atoms with Gasteiger partial charge in [0.1, 0.15) is 12.1 Å². The molecule has 2 bridgehead atoms. The zero-order valence-corrected chi connectivity index (χ0v) is 14.4. The summed E-state index contributed by atoms with van der Waals surface area (Å²) >= 11 is 0. The Labute approximate surface area is 142 Å². The van der Waals surface area contributed by atoms with Crippen LogP contribution in [0.4, 0.5) is 4.79 Å². The molecule has 4 fully saturated rings. The molecule has 0 aromatic carbocycles. The van der Waals surface area contributed by atoms with Crippen molar-refractivity contribution >= 4 is 17.8 Å². The summed E-state index contributed by atoms with van der Waals surface area (Å²) < 4.78 is 0.